The predicted octanol–water partition coefficient (Wildman–Crippen LogP) is 4.77. The SMILES string of the molecule is CNC(=O)c1c(-c2ccc(F)cc2)oc2cc(N(C)S(C)(=O)=O)c(-c3cnc(OC)c(-c4nc5ccccn5n4)c3)cc12. The summed E-state index contributed by atoms with van der Waals surface area (Å²) in [4.78, 5) is 22.3. The minimum atomic E-state index is -3.73. The van der Waals surface area contributed by atoms with Crippen LogP contribution in [0.1, 0.15) is 10.4 Å². The molecule has 0 fully saturated rings. The lowest BCUT2D eigenvalue weighted by Crippen LogP contribution is -2.25. The van der Waals surface area contributed by atoms with Crippen LogP contribution in [0.5, 0.6) is 5.88 Å². The molecular formula is C30H25FN6O5S. The van der Waals surface area contributed by atoms with Crippen molar-refractivity contribution in [3.05, 3.63) is 84.4 Å². The van der Waals surface area contributed by atoms with Crippen LogP contribution >= 0.6 is 0 Å². The van der Waals surface area contributed by atoms with Gasteiger partial charge in [0.15, 0.2) is 11.5 Å². The molecule has 0 aliphatic heterocycles. The van der Waals surface area contributed by atoms with Crippen LogP contribution in [0.4, 0.5) is 10.1 Å². The van der Waals surface area contributed by atoms with Gasteiger partial charge in [-0.15, -0.1) is 5.10 Å². The molecule has 0 atom stereocenters. The highest BCUT2D eigenvalue weighted by molar-refractivity contribution is 7.92. The molecule has 11 nitrogen and oxygen atoms in total. The number of pyridine rings is 2. The first-order valence-electron chi connectivity index (χ1n) is 13.0. The molecule has 6 aromatic rings. The third-order valence-corrected chi connectivity index (χ3v) is 8.23. The van der Waals surface area contributed by atoms with E-state index in [4.69, 9.17) is 9.15 Å². The molecule has 1 amide bonds. The quantitative estimate of drug-likeness (QED) is 0.277. The van der Waals surface area contributed by atoms with Crippen LogP contribution in [-0.4, -0.2) is 61.4 Å². The number of hydrogen-bond acceptors (Lipinski definition) is 8. The highest BCUT2D eigenvalue weighted by atomic mass is 32.2. The molecule has 0 aliphatic carbocycles. The van der Waals surface area contributed by atoms with E-state index in [0.29, 0.717) is 39.1 Å². The smallest absolute Gasteiger partial charge is 0.255 e. The Morgan fingerprint density at radius 1 is 1.07 bits per heavy atom. The van der Waals surface area contributed by atoms with E-state index in [1.165, 1.54) is 45.5 Å². The average molecular weight is 601 g/mol. The van der Waals surface area contributed by atoms with E-state index in [0.717, 1.165) is 10.6 Å². The summed E-state index contributed by atoms with van der Waals surface area (Å²) in [5, 5.41) is 7.60. The summed E-state index contributed by atoms with van der Waals surface area (Å²) in [6.45, 7) is 0. The number of carbonyl (C=O) groups excluding carboxylic acids is 1. The largest absolute Gasteiger partial charge is 0.480 e. The molecule has 6 rings (SSSR count). The van der Waals surface area contributed by atoms with Crippen molar-refractivity contribution in [3.8, 4) is 39.7 Å². The molecule has 218 valence electrons. The van der Waals surface area contributed by atoms with Crippen LogP contribution in [0.2, 0.25) is 0 Å². The van der Waals surface area contributed by atoms with Gasteiger partial charge in [0, 0.05) is 54.6 Å². The zero-order valence-corrected chi connectivity index (χ0v) is 24.3. The van der Waals surface area contributed by atoms with Gasteiger partial charge in [-0.05, 0) is 48.5 Å². The fraction of sp³-hybridized carbons (Fsp3) is 0.133. The van der Waals surface area contributed by atoms with Gasteiger partial charge in [-0.3, -0.25) is 9.10 Å². The fourth-order valence-corrected chi connectivity index (χ4v) is 5.33. The topological polar surface area (TPSA) is 132 Å². The molecule has 0 bridgehead atoms. The molecule has 0 saturated carbocycles. The van der Waals surface area contributed by atoms with Crippen LogP contribution in [0.3, 0.4) is 0 Å². The number of furan rings is 1. The van der Waals surface area contributed by atoms with Crippen molar-refractivity contribution in [2.75, 3.05) is 31.8 Å². The second-order valence-corrected chi connectivity index (χ2v) is 11.7. The molecule has 0 unspecified atom stereocenters. The Bertz CT molecular complexity index is 2110. The third kappa shape index (κ3) is 4.93. The maximum absolute atomic E-state index is 13.7. The Hall–Kier alpha value is -5.30. The summed E-state index contributed by atoms with van der Waals surface area (Å²) in [5.74, 6) is -0.0441. The molecule has 4 heterocycles. The summed E-state index contributed by atoms with van der Waals surface area (Å²) in [6.07, 6.45) is 4.39. The number of nitrogens with one attached hydrogen (secondary N) is 1. The Morgan fingerprint density at radius 3 is 2.51 bits per heavy atom. The normalized spacial score (nSPS) is 11.7. The van der Waals surface area contributed by atoms with E-state index in [1.54, 1.807) is 35.1 Å². The molecule has 0 aliphatic rings. The maximum atomic E-state index is 13.7. The van der Waals surface area contributed by atoms with E-state index in [1.807, 2.05) is 18.2 Å². The lowest BCUT2D eigenvalue weighted by Gasteiger charge is -2.21. The Kier molecular flexibility index (Phi) is 6.81. The number of rotatable bonds is 7. The number of halogens is 1. The number of fused-ring (bicyclic) bond motifs is 2. The number of ether oxygens (including phenoxy) is 1. The zero-order chi connectivity index (χ0) is 30.5. The van der Waals surface area contributed by atoms with Crippen molar-refractivity contribution in [3.63, 3.8) is 0 Å². The van der Waals surface area contributed by atoms with E-state index < -0.39 is 21.7 Å². The van der Waals surface area contributed by atoms with Crippen LogP contribution in [0.25, 0.3) is 50.5 Å². The summed E-state index contributed by atoms with van der Waals surface area (Å²) in [7, 11) is 0.661. The lowest BCUT2D eigenvalue weighted by molar-refractivity contribution is 0.0964. The maximum Gasteiger partial charge on any atom is 0.255 e. The molecule has 1 N–H and O–H groups in total. The van der Waals surface area contributed by atoms with Crippen LogP contribution < -0.4 is 14.4 Å². The van der Waals surface area contributed by atoms with Crippen molar-refractivity contribution in [1.82, 2.24) is 24.9 Å². The number of aromatic nitrogens is 4. The highest BCUT2D eigenvalue weighted by Gasteiger charge is 2.27. The number of methoxy groups -OCH3 is 1. The summed E-state index contributed by atoms with van der Waals surface area (Å²) in [6, 6.07) is 16.0. The van der Waals surface area contributed by atoms with Gasteiger partial charge in [-0.25, -0.2) is 27.3 Å². The average Bonchev–Trinajstić information content (AvgIpc) is 3.61. The number of anilines is 1. The van der Waals surface area contributed by atoms with E-state index in [-0.39, 0.29) is 28.5 Å². The number of nitrogens with zero attached hydrogens (tertiary/aromatic N) is 5. The van der Waals surface area contributed by atoms with Gasteiger partial charge in [0.05, 0.1) is 30.2 Å². The number of sulfonamides is 1. The summed E-state index contributed by atoms with van der Waals surface area (Å²) >= 11 is 0. The molecule has 0 spiro atoms. The van der Waals surface area contributed by atoms with Crippen molar-refractivity contribution in [2.45, 2.75) is 0 Å². The standard InChI is InChI=1S/C30H25FN6O5S/c1-32-29(38)26-21-14-20(18-13-22(30(41-3)33-16-18)28-34-25-7-5-6-12-37(25)35-28)23(36(2)43(4,39)40)15-24(21)42-27(26)17-8-10-19(31)11-9-17/h5-16H,1-4H3,(H,32,38). The van der Waals surface area contributed by atoms with Gasteiger partial charge in [-0.1, -0.05) is 6.07 Å². The molecule has 43 heavy (non-hydrogen) atoms. The Balaban J connectivity index is 1.64. The number of amides is 1. The van der Waals surface area contributed by atoms with Crippen molar-refractivity contribution < 1.29 is 26.8 Å². The molecular weight excluding hydrogens is 575 g/mol. The fourth-order valence-electron chi connectivity index (χ4n) is 4.83. The third-order valence-electron chi connectivity index (χ3n) is 7.04. The van der Waals surface area contributed by atoms with Gasteiger partial charge in [0.1, 0.15) is 17.2 Å². The molecule has 0 saturated heterocycles. The van der Waals surface area contributed by atoms with Crippen molar-refractivity contribution in [1.29, 1.82) is 0 Å². The number of hydrogen-bond donors (Lipinski definition) is 1. The second kappa shape index (κ2) is 10.5. The number of benzene rings is 2. The van der Waals surface area contributed by atoms with Crippen LogP contribution in [0, 0.1) is 5.82 Å². The monoisotopic (exact) mass is 600 g/mol. The first-order valence-corrected chi connectivity index (χ1v) is 14.8. The Morgan fingerprint density at radius 2 is 1.84 bits per heavy atom. The summed E-state index contributed by atoms with van der Waals surface area (Å²) < 4.78 is 53.6. The van der Waals surface area contributed by atoms with E-state index >= 15 is 0 Å². The van der Waals surface area contributed by atoms with E-state index in [9.17, 15) is 17.6 Å². The van der Waals surface area contributed by atoms with Crippen molar-refractivity contribution in [2.24, 2.45) is 0 Å². The van der Waals surface area contributed by atoms with E-state index in [2.05, 4.69) is 20.4 Å². The minimum Gasteiger partial charge on any atom is -0.480 e. The highest BCUT2D eigenvalue weighted by Crippen LogP contribution is 2.42. The van der Waals surface area contributed by atoms with Crippen LogP contribution in [-0.2, 0) is 10.0 Å². The molecule has 4 aromatic heterocycles. The first kappa shape index (κ1) is 27.8. The van der Waals surface area contributed by atoms with Crippen molar-refractivity contribution >= 4 is 38.2 Å². The number of carbonyl (C=O) groups is 1. The molecule has 0 radical (unpaired) electrons. The van der Waals surface area contributed by atoms with Crippen LogP contribution in [0.15, 0.2) is 77.5 Å². The first-order chi connectivity index (χ1) is 20.6. The molecule has 13 heteroatoms. The summed E-state index contributed by atoms with van der Waals surface area (Å²) in [5.41, 5.74) is 3.26. The minimum absolute atomic E-state index is 0.210. The second-order valence-electron chi connectivity index (χ2n) is 9.71. The van der Waals surface area contributed by atoms with Gasteiger partial charge in [0.2, 0.25) is 15.9 Å². The molecule has 2 aromatic carbocycles. The predicted molar refractivity (Wildman–Crippen MR) is 160 cm³/mol. The lowest BCUT2D eigenvalue weighted by atomic mass is 9.98. The van der Waals surface area contributed by atoms with Gasteiger partial charge in [-0.2, -0.15) is 0 Å². The Labute approximate surface area is 245 Å². The van der Waals surface area contributed by atoms with Gasteiger partial charge < -0.3 is 14.5 Å². The zero-order valence-electron chi connectivity index (χ0n) is 23.5. The van der Waals surface area contributed by atoms with Gasteiger partial charge >= 0.3 is 0 Å². The van der Waals surface area contributed by atoms with Gasteiger partial charge in [0.25, 0.3) is 5.91 Å².